The van der Waals surface area contributed by atoms with E-state index in [4.69, 9.17) is 21.7 Å². The second kappa shape index (κ2) is 6.48. The molecule has 1 aliphatic heterocycles. The molecule has 132 valence electrons. The van der Waals surface area contributed by atoms with Crippen LogP contribution in [0, 0.1) is 5.41 Å². The van der Waals surface area contributed by atoms with Crippen molar-refractivity contribution in [2.45, 2.75) is 12.5 Å². The number of aromatic hydroxyl groups is 1. The molecule has 0 saturated heterocycles. The van der Waals surface area contributed by atoms with Crippen LogP contribution in [0.15, 0.2) is 48.8 Å². The molecule has 7 heteroatoms. The first-order valence-corrected chi connectivity index (χ1v) is 8.47. The zero-order valence-electron chi connectivity index (χ0n) is 13.7. The lowest BCUT2D eigenvalue weighted by Crippen LogP contribution is -2.30. The van der Waals surface area contributed by atoms with Crippen LogP contribution in [0.4, 0.5) is 0 Å². The van der Waals surface area contributed by atoms with Gasteiger partial charge in [0.2, 0.25) is 5.88 Å². The van der Waals surface area contributed by atoms with Crippen molar-refractivity contribution in [3.8, 4) is 17.4 Å². The lowest BCUT2D eigenvalue weighted by Gasteiger charge is -2.28. The van der Waals surface area contributed by atoms with Gasteiger partial charge in [0.05, 0.1) is 12.2 Å². The Hall–Kier alpha value is -2.83. The molecular weight excluding hydrogens is 354 g/mol. The zero-order chi connectivity index (χ0) is 18.3. The first-order valence-electron chi connectivity index (χ1n) is 8.09. The minimum atomic E-state index is -0.294. The van der Waals surface area contributed by atoms with E-state index >= 15 is 0 Å². The maximum Gasteiger partial charge on any atom is 0.228 e. The number of phenols is 1. The molecule has 0 fully saturated rings. The van der Waals surface area contributed by atoms with Crippen LogP contribution in [0.2, 0.25) is 5.02 Å². The highest BCUT2D eigenvalue weighted by Gasteiger charge is 2.32. The topological polar surface area (TPSA) is 91.4 Å². The van der Waals surface area contributed by atoms with Gasteiger partial charge in [-0.2, -0.15) is 0 Å². The number of benzene rings is 2. The largest absolute Gasteiger partial charge is 0.508 e. The molecule has 3 aromatic rings. The second-order valence-electron chi connectivity index (χ2n) is 6.04. The lowest BCUT2D eigenvalue weighted by atomic mass is 9.84. The number of fused-ring (bicyclic) bond motifs is 2. The molecule has 3 N–H and O–H groups in total. The van der Waals surface area contributed by atoms with Crippen molar-refractivity contribution in [3.05, 3.63) is 76.0 Å². The minimum absolute atomic E-state index is 0.0893. The number of hydrogen-bond acceptors (Lipinski definition) is 5. The van der Waals surface area contributed by atoms with Gasteiger partial charge in [-0.1, -0.05) is 29.8 Å². The fourth-order valence-electron chi connectivity index (χ4n) is 3.24. The van der Waals surface area contributed by atoms with Gasteiger partial charge in [-0.25, -0.2) is 4.98 Å². The molecule has 26 heavy (non-hydrogen) atoms. The summed E-state index contributed by atoms with van der Waals surface area (Å²) in [6, 6.07) is 12.3. The highest BCUT2D eigenvalue weighted by Crippen LogP contribution is 2.45. The van der Waals surface area contributed by atoms with Gasteiger partial charge in [-0.15, -0.1) is 0 Å². The second-order valence-corrected chi connectivity index (χ2v) is 6.47. The van der Waals surface area contributed by atoms with E-state index in [-0.39, 0.29) is 30.3 Å². The molecule has 4 rings (SSSR count). The number of aliphatic hydroxyl groups is 1. The fraction of sp³-hybridized carbons (Fsp3) is 0.158. The van der Waals surface area contributed by atoms with Crippen LogP contribution in [0.3, 0.4) is 0 Å². The van der Waals surface area contributed by atoms with E-state index < -0.39 is 0 Å². The fourth-order valence-corrected chi connectivity index (χ4v) is 3.36. The molecule has 0 aliphatic carbocycles. The van der Waals surface area contributed by atoms with Gasteiger partial charge in [-0.3, -0.25) is 5.41 Å². The summed E-state index contributed by atoms with van der Waals surface area (Å²) in [6.45, 7) is 0.183. The normalized spacial score (nSPS) is 15.1. The molecule has 0 bridgehead atoms. The average molecular weight is 370 g/mol. The van der Waals surface area contributed by atoms with Gasteiger partial charge in [0, 0.05) is 29.1 Å². The Bertz CT molecular complexity index is 1030. The maximum atomic E-state index is 9.81. The summed E-state index contributed by atoms with van der Waals surface area (Å²) >= 11 is 6.03. The third-order valence-corrected chi connectivity index (χ3v) is 4.69. The molecule has 6 nitrogen and oxygen atoms in total. The molecule has 1 aromatic heterocycles. The number of phenolic OH excluding ortho intramolecular Hbond substituents is 1. The van der Waals surface area contributed by atoms with Crippen LogP contribution < -0.4 is 10.2 Å². The molecule has 0 unspecified atom stereocenters. The van der Waals surface area contributed by atoms with E-state index in [2.05, 4.69) is 4.98 Å². The number of rotatable bonds is 3. The summed E-state index contributed by atoms with van der Waals surface area (Å²) in [4.78, 5) is 4.32. The Balaban J connectivity index is 1.98. The molecule has 1 aliphatic rings. The van der Waals surface area contributed by atoms with Gasteiger partial charge in [-0.05, 0) is 23.8 Å². The van der Waals surface area contributed by atoms with E-state index in [1.165, 1.54) is 6.33 Å². The Kier molecular flexibility index (Phi) is 4.14. The number of halogens is 1. The Morgan fingerprint density at radius 1 is 1.19 bits per heavy atom. The van der Waals surface area contributed by atoms with Crippen LogP contribution in [-0.2, 0) is 6.54 Å². The van der Waals surface area contributed by atoms with Crippen molar-refractivity contribution in [1.82, 2.24) is 9.55 Å². The van der Waals surface area contributed by atoms with Gasteiger partial charge >= 0.3 is 0 Å². The Labute approximate surface area is 154 Å². The van der Waals surface area contributed by atoms with Gasteiger partial charge in [0.1, 0.15) is 23.3 Å². The van der Waals surface area contributed by atoms with Gasteiger partial charge < -0.3 is 19.5 Å². The number of aliphatic hydroxyl groups excluding tert-OH is 1. The number of hydrogen-bond donors (Lipinski definition) is 3. The molecule has 0 spiro atoms. The summed E-state index contributed by atoms with van der Waals surface area (Å²) in [5, 5.41) is 28.3. The van der Waals surface area contributed by atoms with E-state index in [0.29, 0.717) is 22.2 Å². The van der Waals surface area contributed by atoms with Gasteiger partial charge in [0.25, 0.3) is 0 Å². The van der Waals surface area contributed by atoms with Crippen LogP contribution in [0.5, 0.6) is 17.4 Å². The number of aromatic nitrogens is 2. The molecule has 0 saturated carbocycles. The van der Waals surface area contributed by atoms with Crippen molar-refractivity contribution >= 4 is 11.6 Å². The van der Waals surface area contributed by atoms with Crippen molar-refractivity contribution in [1.29, 1.82) is 5.41 Å². The van der Waals surface area contributed by atoms with E-state index in [0.717, 1.165) is 11.1 Å². The van der Waals surface area contributed by atoms with Crippen molar-refractivity contribution in [2.75, 3.05) is 6.61 Å². The average Bonchev–Trinajstić information content (AvgIpc) is 2.63. The zero-order valence-corrected chi connectivity index (χ0v) is 14.4. The summed E-state index contributed by atoms with van der Waals surface area (Å²) in [6.07, 6.45) is 1.48. The summed E-state index contributed by atoms with van der Waals surface area (Å²) < 4.78 is 7.43. The van der Waals surface area contributed by atoms with E-state index in [1.54, 1.807) is 34.9 Å². The molecule has 2 heterocycles. The predicted molar refractivity (Wildman–Crippen MR) is 95.7 cm³/mol. The van der Waals surface area contributed by atoms with Gasteiger partial charge in [0.15, 0.2) is 0 Å². The summed E-state index contributed by atoms with van der Waals surface area (Å²) in [5.41, 5.74) is 2.60. The first-order chi connectivity index (χ1) is 12.6. The first kappa shape index (κ1) is 16.6. The maximum absolute atomic E-state index is 9.81. The Morgan fingerprint density at radius 3 is 2.69 bits per heavy atom. The van der Waals surface area contributed by atoms with Crippen LogP contribution in [0.25, 0.3) is 0 Å². The SMILES string of the molecule is N=c1c2c(ncn1CCO)Oc1cc(O)ccc1[C@@H]2c1ccc(Cl)cc1. The highest BCUT2D eigenvalue weighted by atomic mass is 35.5. The number of ether oxygens (including phenoxy) is 1. The van der Waals surface area contributed by atoms with Crippen LogP contribution >= 0.6 is 11.6 Å². The lowest BCUT2D eigenvalue weighted by molar-refractivity contribution is 0.271. The Morgan fingerprint density at radius 2 is 1.96 bits per heavy atom. The van der Waals surface area contributed by atoms with Crippen LogP contribution in [0.1, 0.15) is 22.6 Å². The third kappa shape index (κ3) is 2.73. The number of nitrogens with zero attached hydrogens (tertiary/aromatic N) is 2. The summed E-state index contributed by atoms with van der Waals surface area (Å²) in [7, 11) is 0. The molecule has 0 amide bonds. The van der Waals surface area contributed by atoms with Crippen molar-refractivity contribution < 1.29 is 14.9 Å². The van der Waals surface area contributed by atoms with Crippen molar-refractivity contribution in [2.24, 2.45) is 0 Å². The number of nitrogens with one attached hydrogen (secondary N) is 1. The van der Waals surface area contributed by atoms with E-state index in [1.807, 2.05) is 12.1 Å². The quantitative estimate of drug-likeness (QED) is 0.517. The van der Waals surface area contributed by atoms with E-state index in [9.17, 15) is 10.2 Å². The predicted octanol–water partition coefficient (Wildman–Crippen LogP) is 3.00. The highest BCUT2D eigenvalue weighted by molar-refractivity contribution is 6.30. The summed E-state index contributed by atoms with van der Waals surface area (Å²) in [5.74, 6) is 0.628. The monoisotopic (exact) mass is 369 g/mol. The standard InChI is InChI=1S/C19H16ClN3O3/c20-12-3-1-11(2-4-12)16-14-6-5-13(25)9-15(14)26-19-17(16)18(21)23(7-8-24)10-22-19/h1-6,9-10,16,21,24-25H,7-8H2/t16-/m0/s1. The minimum Gasteiger partial charge on any atom is -0.508 e. The smallest absolute Gasteiger partial charge is 0.228 e. The van der Waals surface area contributed by atoms with Crippen molar-refractivity contribution in [3.63, 3.8) is 0 Å². The third-order valence-electron chi connectivity index (χ3n) is 4.43. The molecular formula is C19H16ClN3O3. The molecule has 2 aromatic carbocycles. The molecule has 1 atom stereocenters. The van der Waals surface area contributed by atoms with Crippen LogP contribution in [-0.4, -0.2) is 26.4 Å². The molecule has 0 radical (unpaired) electrons.